The van der Waals surface area contributed by atoms with Gasteiger partial charge in [0.1, 0.15) is 5.82 Å². The Hall–Kier alpha value is -1.64. The zero-order valence-electron chi connectivity index (χ0n) is 8.57. The molecule has 0 radical (unpaired) electrons. The van der Waals surface area contributed by atoms with Gasteiger partial charge in [0.05, 0.1) is 0 Å². The van der Waals surface area contributed by atoms with Crippen molar-refractivity contribution in [3.63, 3.8) is 0 Å². The third-order valence-corrected chi connectivity index (χ3v) is 1.94. The van der Waals surface area contributed by atoms with Gasteiger partial charge >= 0.3 is 0 Å². The maximum absolute atomic E-state index is 5.73. The first-order chi connectivity index (χ1) is 6.77. The second-order valence-electron chi connectivity index (χ2n) is 2.94. The Labute approximate surface area is 84.4 Å². The van der Waals surface area contributed by atoms with E-state index in [1.165, 1.54) is 0 Å². The second kappa shape index (κ2) is 5.17. The number of nitrogens with two attached hydrogens (primary N) is 1. The van der Waals surface area contributed by atoms with Gasteiger partial charge in [0, 0.05) is 30.9 Å². The lowest BCUT2D eigenvalue weighted by Gasteiger charge is -2.03. The number of nitrogens with zero attached hydrogens (tertiary/aromatic N) is 2. The van der Waals surface area contributed by atoms with E-state index >= 15 is 0 Å². The van der Waals surface area contributed by atoms with Crippen LogP contribution < -0.4 is 5.73 Å². The zero-order valence-corrected chi connectivity index (χ0v) is 8.57. The Morgan fingerprint density at radius 2 is 2.43 bits per heavy atom. The van der Waals surface area contributed by atoms with E-state index in [1.807, 2.05) is 31.2 Å². The predicted molar refractivity (Wildman–Crippen MR) is 60.5 cm³/mol. The zero-order chi connectivity index (χ0) is 10.4. The van der Waals surface area contributed by atoms with E-state index < -0.39 is 0 Å². The molecule has 0 unspecified atom stereocenters. The number of nitrogen functional groups attached to an aromatic ring is 1. The molecule has 0 saturated heterocycles. The number of aliphatic imine (C=N–C) groups is 1. The molecule has 0 bridgehead atoms. The minimum Gasteiger partial charge on any atom is -0.383 e. The van der Waals surface area contributed by atoms with E-state index in [0.29, 0.717) is 5.82 Å². The van der Waals surface area contributed by atoms with Gasteiger partial charge in [-0.1, -0.05) is 12.1 Å². The summed E-state index contributed by atoms with van der Waals surface area (Å²) in [6.07, 6.45) is 6.37. The highest BCUT2D eigenvalue weighted by Crippen LogP contribution is 2.08. The van der Waals surface area contributed by atoms with Crippen molar-refractivity contribution in [1.29, 1.82) is 0 Å². The van der Waals surface area contributed by atoms with Crippen LogP contribution in [0.1, 0.15) is 12.5 Å². The van der Waals surface area contributed by atoms with Crippen LogP contribution in [0, 0.1) is 0 Å². The van der Waals surface area contributed by atoms with Crippen LogP contribution in [0.15, 0.2) is 35.5 Å². The van der Waals surface area contributed by atoms with Crippen molar-refractivity contribution >= 4 is 11.5 Å². The molecule has 3 heteroatoms. The lowest BCUT2D eigenvalue weighted by Crippen LogP contribution is -2.04. The summed E-state index contributed by atoms with van der Waals surface area (Å²) in [5.74, 6) is 0.582. The number of pyridine rings is 1. The van der Waals surface area contributed by atoms with Gasteiger partial charge < -0.3 is 5.73 Å². The van der Waals surface area contributed by atoms with Crippen molar-refractivity contribution in [2.75, 3.05) is 12.8 Å². The molecule has 14 heavy (non-hydrogen) atoms. The van der Waals surface area contributed by atoms with E-state index in [2.05, 4.69) is 9.98 Å². The molecule has 0 saturated carbocycles. The summed E-state index contributed by atoms with van der Waals surface area (Å²) >= 11 is 0. The van der Waals surface area contributed by atoms with Crippen molar-refractivity contribution in [2.45, 2.75) is 13.3 Å². The summed E-state index contributed by atoms with van der Waals surface area (Å²) in [5, 5.41) is 0. The number of allylic oxidation sites excluding steroid dienone is 2. The molecular formula is C11H15N3. The fraction of sp³-hybridized carbons (Fsp3) is 0.273. The highest BCUT2D eigenvalue weighted by atomic mass is 14.8. The van der Waals surface area contributed by atoms with Crippen LogP contribution in [0.3, 0.4) is 0 Å². The third kappa shape index (κ3) is 2.69. The topological polar surface area (TPSA) is 51.3 Å². The van der Waals surface area contributed by atoms with Gasteiger partial charge in [-0.25, -0.2) is 4.98 Å². The minimum atomic E-state index is 0.582. The Morgan fingerprint density at radius 3 is 3.00 bits per heavy atom. The molecule has 0 aliphatic carbocycles. The first kappa shape index (κ1) is 10.4. The molecular weight excluding hydrogens is 174 g/mol. The maximum atomic E-state index is 5.73. The van der Waals surface area contributed by atoms with Crippen LogP contribution in [-0.4, -0.2) is 17.7 Å². The van der Waals surface area contributed by atoms with E-state index in [9.17, 15) is 0 Å². The molecule has 0 atom stereocenters. The number of rotatable bonds is 3. The van der Waals surface area contributed by atoms with Crippen LogP contribution in [0.2, 0.25) is 0 Å². The molecule has 0 aliphatic rings. The van der Waals surface area contributed by atoms with Gasteiger partial charge in [-0.3, -0.25) is 4.99 Å². The fourth-order valence-corrected chi connectivity index (χ4v) is 1.20. The summed E-state index contributed by atoms with van der Waals surface area (Å²) in [6, 6.07) is 3.85. The van der Waals surface area contributed by atoms with Crippen molar-refractivity contribution in [2.24, 2.45) is 4.99 Å². The standard InChI is InChI=1S/C11H15N3/c1-3-5-10(13-2)8-9-6-4-7-14-11(9)12/h3-7H,8H2,1-2H3,(H2,12,14)/b5-3-,13-10?. The number of hydrogen-bond acceptors (Lipinski definition) is 3. The number of anilines is 1. The Kier molecular flexibility index (Phi) is 3.85. The highest BCUT2D eigenvalue weighted by Gasteiger charge is 2.01. The van der Waals surface area contributed by atoms with Crippen molar-refractivity contribution < 1.29 is 0 Å². The van der Waals surface area contributed by atoms with E-state index in [-0.39, 0.29) is 0 Å². The fourth-order valence-electron chi connectivity index (χ4n) is 1.20. The minimum absolute atomic E-state index is 0.582. The molecule has 0 spiro atoms. The average molecular weight is 189 g/mol. The molecule has 2 N–H and O–H groups in total. The summed E-state index contributed by atoms with van der Waals surface area (Å²) in [4.78, 5) is 8.19. The molecule has 1 aromatic rings. The lowest BCUT2D eigenvalue weighted by atomic mass is 10.1. The molecule has 1 heterocycles. The number of hydrogen-bond donors (Lipinski definition) is 1. The Balaban J connectivity index is 2.83. The highest BCUT2D eigenvalue weighted by molar-refractivity contribution is 5.96. The van der Waals surface area contributed by atoms with Gasteiger partial charge in [0.2, 0.25) is 0 Å². The smallest absolute Gasteiger partial charge is 0.126 e. The van der Waals surface area contributed by atoms with Crippen molar-refractivity contribution in [3.8, 4) is 0 Å². The summed E-state index contributed by atoms with van der Waals surface area (Å²) in [5.41, 5.74) is 7.76. The van der Waals surface area contributed by atoms with Gasteiger partial charge in [0.25, 0.3) is 0 Å². The maximum Gasteiger partial charge on any atom is 0.126 e. The molecule has 0 amide bonds. The molecule has 0 aliphatic heterocycles. The second-order valence-corrected chi connectivity index (χ2v) is 2.94. The lowest BCUT2D eigenvalue weighted by molar-refractivity contribution is 1.22. The van der Waals surface area contributed by atoms with E-state index in [4.69, 9.17) is 5.73 Å². The molecule has 1 aromatic heterocycles. The van der Waals surface area contributed by atoms with Gasteiger partial charge in [-0.15, -0.1) is 0 Å². The summed E-state index contributed by atoms with van der Waals surface area (Å²) in [6.45, 7) is 1.97. The SMILES string of the molecule is C/C=C\C(Cc1cccnc1N)=NC. The molecule has 3 nitrogen and oxygen atoms in total. The molecule has 74 valence electrons. The summed E-state index contributed by atoms with van der Waals surface area (Å²) in [7, 11) is 1.78. The largest absolute Gasteiger partial charge is 0.383 e. The van der Waals surface area contributed by atoms with Crippen LogP contribution in [-0.2, 0) is 6.42 Å². The van der Waals surface area contributed by atoms with Crippen LogP contribution >= 0.6 is 0 Å². The normalized spacial score (nSPS) is 12.3. The van der Waals surface area contributed by atoms with Crippen LogP contribution in [0.4, 0.5) is 5.82 Å². The van der Waals surface area contributed by atoms with Crippen molar-refractivity contribution in [1.82, 2.24) is 4.98 Å². The van der Waals surface area contributed by atoms with Crippen LogP contribution in [0.5, 0.6) is 0 Å². The molecule has 0 aromatic carbocycles. The first-order valence-corrected chi connectivity index (χ1v) is 4.55. The Morgan fingerprint density at radius 1 is 1.64 bits per heavy atom. The van der Waals surface area contributed by atoms with Crippen LogP contribution in [0.25, 0.3) is 0 Å². The first-order valence-electron chi connectivity index (χ1n) is 4.55. The molecule has 1 rings (SSSR count). The Bertz CT molecular complexity index is 353. The third-order valence-electron chi connectivity index (χ3n) is 1.94. The average Bonchev–Trinajstić information content (AvgIpc) is 2.20. The predicted octanol–water partition coefficient (Wildman–Crippen LogP) is 1.85. The van der Waals surface area contributed by atoms with Crippen molar-refractivity contribution in [3.05, 3.63) is 36.0 Å². The number of aromatic nitrogens is 1. The van der Waals surface area contributed by atoms with Gasteiger partial charge in [0.15, 0.2) is 0 Å². The van der Waals surface area contributed by atoms with E-state index in [1.54, 1.807) is 13.2 Å². The monoisotopic (exact) mass is 189 g/mol. The molecule has 0 fully saturated rings. The van der Waals surface area contributed by atoms with Gasteiger partial charge in [-0.05, 0) is 19.1 Å². The summed E-state index contributed by atoms with van der Waals surface area (Å²) < 4.78 is 0. The van der Waals surface area contributed by atoms with E-state index in [0.717, 1.165) is 17.7 Å². The quantitative estimate of drug-likeness (QED) is 0.738. The van der Waals surface area contributed by atoms with Gasteiger partial charge in [-0.2, -0.15) is 0 Å².